The van der Waals surface area contributed by atoms with Gasteiger partial charge in [-0.1, -0.05) is 26.2 Å². The van der Waals surface area contributed by atoms with E-state index in [-0.39, 0.29) is 0 Å². The highest BCUT2D eigenvalue weighted by atomic mass is 32.1. The van der Waals surface area contributed by atoms with Crippen LogP contribution >= 0.6 is 11.3 Å². The van der Waals surface area contributed by atoms with Crippen molar-refractivity contribution in [2.45, 2.75) is 76.9 Å². The Bertz CT molecular complexity index is 433. The topological polar surface area (TPSA) is 28.2 Å². The fraction of sp³-hybridized carbons (Fsp3) is 0.812. The minimum atomic E-state index is 0.712. The van der Waals surface area contributed by atoms with Crippen LogP contribution in [0.1, 0.15) is 62.4 Å². The van der Waals surface area contributed by atoms with Gasteiger partial charge in [0, 0.05) is 30.6 Å². The van der Waals surface area contributed by atoms with E-state index in [1.807, 2.05) is 11.3 Å². The van der Waals surface area contributed by atoms with E-state index in [1.54, 1.807) is 0 Å². The monoisotopic (exact) mass is 293 g/mol. The molecule has 20 heavy (non-hydrogen) atoms. The summed E-state index contributed by atoms with van der Waals surface area (Å²) < 4.78 is 0. The van der Waals surface area contributed by atoms with Crippen LogP contribution in [0.25, 0.3) is 0 Å². The molecule has 2 fully saturated rings. The molecule has 0 spiro atoms. The molecule has 1 aromatic heterocycles. The van der Waals surface area contributed by atoms with Crippen molar-refractivity contribution in [1.82, 2.24) is 10.3 Å². The lowest BCUT2D eigenvalue weighted by atomic mass is 9.95. The molecule has 0 aliphatic heterocycles. The number of rotatable bonds is 6. The van der Waals surface area contributed by atoms with Gasteiger partial charge in [0.15, 0.2) is 5.13 Å². The third-order valence-electron chi connectivity index (χ3n) is 4.65. The van der Waals surface area contributed by atoms with Gasteiger partial charge in [0.05, 0.1) is 5.69 Å². The quantitative estimate of drug-likeness (QED) is 0.866. The van der Waals surface area contributed by atoms with Crippen molar-refractivity contribution in [3.8, 4) is 0 Å². The molecule has 112 valence electrons. The molecule has 2 aliphatic rings. The Morgan fingerprint density at radius 1 is 1.20 bits per heavy atom. The van der Waals surface area contributed by atoms with Crippen molar-refractivity contribution in [2.75, 3.05) is 11.9 Å². The molecular formula is C16H27N3S. The summed E-state index contributed by atoms with van der Waals surface area (Å²) in [4.78, 5) is 8.81. The van der Waals surface area contributed by atoms with E-state index in [9.17, 15) is 0 Å². The Balaban J connectivity index is 1.67. The van der Waals surface area contributed by atoms with Crippen molar-refractivity contribution >= 4 is 16.5 Å². The molecule has 0 bridgehead atoms. The summed E-state index contributed by atoms with van der Waals surface area (Å²) in [6.07, 6.45) is 10.6. The van der Waals surface area contributed by atoms with Crippen LogP contribution in [-0.2, 0) is 13.0 Å². The van der Waals surface area contributed by atoms with Gasteiger partial charge in [0.25, 0.3) is 0 Å². The number of hydrogen-bond acceptors (Lipinski definition) is 4. The maximum absolute atomic E-state index is 4.91. The normalized spacial score (nSPS) is 20.3. The van der Waals surface area contributed by atoms with Crippen molar-refractivity contribution in [3.63, 3.8) is 0 Å². The van der Waals surface area contributed by atoms with Crippen molar-refractivity contribution < 1.29 is 0 Å². The predicted molar refractivity (Wildman–Crippen MR) is 86.6 cm³/mol. The maximum atomic E-state index is 4.91. The van der Waals surface area contributed by atoms with Gasteiger partial charge in [-0.2, -0.15) is 0 Å². The highest BCUT2D eigenvalue weighted by Crippen LogP contribution is 2.32. The predicted octanol–water partition coefficient (Wildman–Crippen LogP) is 3.73. The zero-order valence-electron chi connectivity index (χ0n) is 12.8. The van der Waals surface area contributed by atoms with Crippen molar-refractivity contribution in [2.24, 2.45) is 0 Å². The molecule has 0 atom stereocenters. The smallest absolute Gasteiger partial charge is 0.185 e. The van der Waals surface area contributed by atoms with Gasteiger partial charge in [0.1, 0.15) is 0 Å². The first-order chi connectivity index (χ1) is 9.78. The molecule has 0 unspecified atom stereocenters. The van der Waals surface area contributed by atoms with Crippen LogP contribution in [-0.4, -0.2) is 24.1 Å². The first kappa shape index (κ1) is 14.3. The van der Waals surface area contributed by atoms with Crippen LogP contribution in [0, 0.1) is 0 Å². The average molecular weight is 293 g/mol. The van der Waals surface area contributed by atoms with E-state index in [4.69, 9.17) is 4.98 Å². The Morgan fingerprint density at radius 3 is 2.60 bits per heavy atom. The van der Waals surface area contributed by atoms with E-state index >= 15 is 0 Å². The molecule has 1 heterocycles. The van der Waals surface area contributed by atoms with Gasteiger partial charge in [-0.05, 0) is 32.1 Å². The molecule has 1 N–H and O–H groups in total. The van der Waals surface area contributed by atoms with Crippen LogP contribution in [0.4, 0.5) is 5.13 Å². The Morgan fingerprint density at radius 2 is 1.95 bits per heavy atom. The number of hydrogen-bond donors (Lipinski definition) is 1. The Kier molecular flexibility index (Phi) is 4.61. The molecule has 3 rings (SSSR count). The molecule has 0 aromatic carbocycles. The zero-order chi connectivity index (χ0) is 13.9. The van der Waals surface area contributed by atoms with Crippen LogP contribution in [0.5, 0.6) is 0 Å². The Labute approximate surface area is 126 Å². The third kappa shape index (κ3) is 3.34. The fourth-order valence-electron chi connectivity index (χ4n) is 3.08. The largest absolute Gasteiger partial charge is 0.348 e. The molecule has 0 amide bonds. The van der Waals surface area contributed by atoms with Crippen LogP contribution in [0.2, 0.25) is 0 Å². The first-order valence-electron chi connectivity index (χ1n) is 8.22. The summed E-state index contributed by atoms with van der Waals surface area (Å²) in [6.45, 7) is 3.24. The van der Waals surface area contributed by atoms with Gasteiger partial charge >= 0.3 is 0 Å². The molecule has 0 radical (unpaired) electrons. The highest BCUT2D eigenvalue weighted by molar-refractivity contribution is 7.15. The number of nitrogens with zero attached hydrogens (tertiary/aromatic N) is 2. The standard InChI is InChI=1S/C16H27N3S/c1-3-14-15(11-17-12-9-10-12)20-16(18-14)19(2)13-7-5-4-6-8-13/h12-13,17H,3-11H2,1-2H3. The van der Waals surface area contributed by atoms with E-state index in [2.05, 4.69) is 24.2 Å². The highest BCUT2D eigenvalue weighted by Gasteiger charge is 2.24. The van der Waals surface area contributed by atoms with Crippen LogP contribution < -0.4 is 10.2 Å². The van der Waals surface area contributed by atoms with Gasteiger partial charge in [0.2, 0.25) is 0 Å². The van der Waals surface area contributed by atoms with Gasteiger partial charge in [-0.25, -0.2) is 4.98 Å². The average Bonchev–Trinajstić information content (AvgIpc) is 3.24. The van der Waals surface area contributed by atoms with E-state index < -0.39 is 0 Å². The van der Waals surface area contributed by atoms with Gasteiger partial charge < -0.3 is 10.2 Å². The number of thiazole rings is 1. The SMILES string of the molecule is CCc1nc(N(C)C2CCCCC2)sc1CNC1CC1. The van der Waals surface area contributed by atoms with Crippen molar-refractivity contribution in [1.29, 1.82) is 0 Å². The number of aryl methyl sites for hydroxylation is 1. The number of aromatic nitrogens is 1. The molecule has 4 heteroatoms. The lowest BCUT2D eigenvalue weighted by Gasteiger charge is -2.30. The summed E-state index contributed by atoms with van der Waals surface area (Å²) in [5, 5.41) is 4.87. The van der Waals surface area contributed by atoms with Gasteiger partial charge in [-0.3, -0.25) is 0 Å². The summed E-state index contributed by atoms with van der Waals surface area (Å²) in [5.41, 5.74) is 1.31. The number of nitrogens with one attached hydrogen (secondary N) is 1. The van der Waals surface area contributed by atoms with E-state index in [0.717, 1.165) is 19.0 Å². The molecular weight excluding hydrogens is 266 g/mol. The molecule has 3 nitrogen and oxygen atoms in total. The summed E-state index contributed by atoms with van der Waals surface area (Å²) in [7, 11) is 2.24. The van der Waals surface area contributed by atoms with Crippen LogP contribution in [0.15, 0.2) is 0 Å². The first-order valence-corrected chi connectivity index (χ1v) is 9.04. The zero-order valence-corrected chi connectivity index (χ0v) is 13.6. The minimum absolute atomic E-state index is 0.712. The van der Waals surface area contributed by atoms with Gasteiger partial charge in [-0.15, -0.1) is 11.3 Å². The summed E-state index contributed by atoms with van der Waals surface area (Å²) in [6, 6.07) is 1.49. The van der Waals surface area contributed by atoms with E-state index in [0.29, 0.717) is 6.04 Å². The fourth-order valence-corrected chi connectivity index (χ4v) is 4.22. The lowest BCUT2D eigenvalue weighted by molar-refractivity contribution is 0.427. The second kappa shape index (κ2) is 6.44. The third-order valence-corrected chi connectivity index (χ3v) is 5.84. The Hall–Kier alpha value is -0.610. The number of anilines is 1. The molecule has 1 aromatic rings. The van der Waals surface area contributed by atoms with E-state index in [1.165, 1.54) is 60.6 Å². The van der Waals surface area contributed by atoms with Crippen molar-refractivity contribution in [3.05, 3.63) is 10.6 Å². The lowest BCUT2D eigenvalue weighted by Crippen LogP contribution is -2.33. The second-order valence-electron chi connectivity index (χ2n) is 6.28. The maximum Gasteiger partial charge on any atom is 0.185 e. The molecule has 0 saturated heterocycles. The molecule has 2 saturated carbocycles. The molecule has 2 aliphatic carbocycles. The minimum Gasteiger partial charge on any atom is -0.348 e. The second-order valence-corrected chi connectivity index (χ2v) is 7.34. The summed E-state index contributed by atoms with van der Waals surface area (Å²) >= 11 is 1.91. The van der Waals surface area contributed by atoms with Crippen LogP contribution in [0.3, 0.4) is 0 Å². The summed E-state index contributed by atoms with van der Waals surface area (Å²) in [5.74, 6) is 0.